The third-order valence-corrected chi connectivity index (χ3v) is 4.39. The molecule has 1 aliphatic heterocycles. The highest BCUT2D eigenvalue weighted by atomic mass is 127. The molecule has 1 saturated heterocycles. The fourth-order valence-electron chi connectivity index (χ4n) is 2.66. The van der Waals surface area contributed by atoms with Crippen LogP contribution in [0.2, 0.25) is 0 Å². The van der Waals surface area contributed by atoms with Crippen molar-refractivity contribution in [2.45, 2.75) is 52.2 Å². The number of likely N-dealkylation sites (tertiary alicyclic amines) is 1. The smallest absolute Gasteiger partial charge is 0.410 e. The van der Waals surface area contributed by atoms with Gasteiger partial charge in [0.2, 0.25) is 0 Å². The van der Waals surface area contributed by atoms with Crippen LogP contribution in [0.15, 0.2) is 18.2 Å². The van der Waals surface area contributed by atoms with Gasteiger partial charge in [0.05, 0.1) is 6.04 Å². The lowest BCUT2D eigenvalue weighted by molar-refractivity contribution is 0.0235. The first-order valence-corrected chi connectivity index (χ1v) is 8.84. The maximum Gasteiger partial charge on any atom is 0.410 e. The molecule has 0 spiro atoms. The Bertz CT molecular complexity index is 540. The summed E-state index contributed by atoms with van der Waals surface area (Å²) in [4.78, 5) is 14.1. The molecule has 122 valence electrons. The molecule has 0 saturated carbocycles. The van der Waals surface area contributed by atoms with E-state index in [0.717, 1.165) is 31.6 Å². The first kappa shape index (κ1) is 17.4. The van der Waals surface area contributed by atoms with Crippen LogP contribution in [-0.4, -0.2) is 35.7 Å². The summed E-state index contributed by atoms with van der Waals surface area (Å²) >= 11 is 2.32. The van der Waals surface area contributed by atoms with E-state index < -0.39 is 5.60 Å². The normalized spacial score (nSPS) is 18.4. The Hall–Kier alpha value is -0.980. The number of nitrogens with one attached hydrogen (secondary N) is 1. The van der Waals surface area contributed by atoms with Gasteiger partial charge in [-0.3, -0.25) is 0 Å². The number of hydrogen-bond donors (Lipinski definition) is 1. The summed E-state index contributed by atoms with van der Waals surface area (Å²) < 4.78 is 6.73. The zero-order valence-corrected chi connectivity index (χ0v) is 15.9. The molecule has 1 N–H and O–H groups in total. The van der Waals surface area contributed by atoms with E-state index in [0.29, 0.717) is 0 Å². The van der Waals surface area contributed by atoms with Crippen molar-refractivity contribution < 1.29 is 9.53 Å². The van der Waals surface area contributed by atoms with Crippen LogP contribution < -0.4 is 5.32 Å². The Balaban J connectivity index is 1.95. The molecular formula is C17H25IN2O2. The predicted molar refractivity (Wildman–Crippen MR) is 98.3 cm³/mol. The maximum atomic E-state index is 12.3. The average Bonchev–Trinajstić information content (AvgIpc) is 2.84. The van der Waals surface area contributed by atoms with Crippen LogP contribution in [0.25, 0.3) is 0 Å². The fraction of sp³-hybridized carbons (Fsp3) is 0.588. The Morgan fingerprint density at radius 1 is 1.45 bits per heavy atom. The SMILES string of the molecule is Cc1cc(I)ccc1NCC1CCCN1C(=O)OC(C)(C)C. The van der Waals surface area contributed by atoms with Crippen molar-refractivity contribution in [2.24, 2.45) is 0 Å². The molecule has 5 heteroatoms. The maximum absolute atomic E-state index is 12.3. The van der Waals surface area contributed by atoms with Crippen LogP contribution in [-0.2, 0) is 4.74 Å². The van der Waals surface area contributed by atoms with Crippen LogP contribution in [0.4, 0.5) is 10.5 Å². The number of hydrogen-bond acceptors (Lipinski definition) is 3. The van der Waals surface area contributed by atoms with E-state index in [1.807, 2.05) is 25.7 Å². The molecule has 0 aliphatic carbocycles. The van der Waals surface area contributed by atoms with Crippen molar-refractivity contribution in [1.82, 2.24) is 4.90 Å². The third-order valence-electron chi connectivity index (χ3n) is 3.72. The van der Waals surface area contributed by atoms with Gasteiger partial charge < -0.3 is 15.0 Å². The van der Waals surface area contributed by atoms with Gasteiger partial charge in [-0.2, -0.15) is 0 Å². The zero-order chi connectivity index (χ0) is 16.3. The number of halogens is 1. The number of rotatable bonds is 3. The second kappa shape index (κ2) is 7.06. The summed E-state index contributed by atoms with van der Waals surface area (Å²) in [6.07, 6.45) is 1.86. The van der Waals surface area contributed by atoms with Gasteiger partial charge in [-0.25, -0.2) is 4.79 Å². The highest BCUT2D eigenvalue weighted by molar-refractivity contribution is 14.1. The highest BCUT2D eigenvalue weighted by Gasteiger charge is 2.31. The van der Waals surface area contributed by atoms with Crippen molar-refractivity contribution in [1.29, 1.82) is 0 Å². The first-order chi connectivity index (χ1) is 10.3. The van der Waals surface area contributed by atoms with Crippen LogP contribution >= 0.6 is 22.6 Å². The molecule has 1 aliphatic rings. The number of anilines is 1. The molecule has 1 aromatic carbocycles. The second-order valence-electron chi connectivity index (χ2n) is 6.81. The molecular weight excluding hydrogens is 391 g/mol. The predicted octanol–water partition coefficient (Wildman–Crippen LogP) is 4.41. The lowest BCUT2D eigenvalue weighted by Crippen LogP contribution is -2.42. The summed E-state index contributed by atoms with van der Waals surface area (Å²) in [6, 6.07) is 6.55. The molecule has 1 atom stereocenters. The molecule has 4 nitrogen and oxygen atoms in total. The van der Waals surface area contributed by atoms with Gasteiger partial charge in [0, 0.05) is 22.3 Å². The first-order valence-electron chi connectivity index (χ1n) is 7.76. The summed E-state index contributed by atoms with van der Waals surface area (Å²) in [5, 5.41) is 3.48. The molecule has 22 heavy (non-hydrogen) atoms. The van der Waals surface area contributed by atoms with Gasteiger partial charge in [-0.05, 0) is 86.9 Å². The molecule has 0 bridgehead atoms. The minimum Gasteiger partial charge on any atom is -0.444 e. The van der Waals surface area contributed by atoms with Gasteiger partial charge >= 0.3 is 6.09 Å². The van der Waals surface area contributed by atoms with Gasteiger partial charge in [0.15, 0.2) is 0 Å². The largest absolute Gasteiger partial charge is 0.444 e. The fourth-order valence-corrected chi connectivity index (χ4v) is 3.31. The number of aryl methyl sites for hydroxylation is 1. The summed E-state index contributed by atoms with van der Waals surface area (Å²) in [5.74, 6) is 0. The summed E-state index contributed by atoms with van der Waals surface area (Å²) in [7, 11) is 0. The van der Waals surface area contributed by atoms with E-state index in [9.17, 15) is 4.79 Å². The standard InChI is InChI=1S/C17H25IN2O2/c1-12-10-13(18)7-8-15(12)19-11-14-6-5-9-20(14)16(21)22-17(2,3)4/h7-8,10,14,19H,5-6,9,11H2,1-4H3. The van der Waals surface area contributed by atoms with Crippen molar-refractivity contribution >= 4 is 34.4 Å². The second-order valence-corrected chi connectivity index (χ2v) is 8.06. The van der Waals surface area contributed by atoms with E-state index in [1.165, 1.54) is 9.13 Å². The quantitative estimate of drug-likeness (QED) is 0.743. The van der Waals surface area contributed by atoms with Crippen LogP contribution in [0, 0.1) is 10.5 Å². The van der Waals surface area contributed by atoms with E-state index in [2.05, 4.69) is 53.0 Å². The summed E-state index contributed by atoms with van der Waals surface area (Å²) in [5.41, 5.74) is 1.93. The molecule has 0 radical (unpaired) electrons. The molecule has 1 amide bonds. The number of amides is 1. The Kier molecular flexibility index (Phi) is 5.58. The minimum absolute atomic E-state index is 0.198. The van der Waals surface area contributed by atoms with Crippen LogP contribution in [0.3, 0.4) is 0 Å². The van der Waals surface area contributed by atoms with E-state index in [-0.39, 0.29) is 12.1 Å². The van der Waals surface area contributed by atoms with E-state index in [1.54, 1.807) is 0 Å². The van der Waals surface area contributed by atoms with Crippen molar-refractivity contribution in [3.8, 4) is 0 Å². The molecule has 1 fully saturated rings. The number of ether oxygens (including phenoxy) is 1. The van der Waals surface area contributed by atoms with Crippen LogP contribution in [0.1, 0.15) is 39.2 Å². The van der Waals surface area contributed by atoms with E-state index in [4.69, 9.17) is 4.74 Å². The third kappa shape index (κ3) is 4.76. The van der Waals surface area contributed by atoms with Gasteiger partial charge in [0.1, 0.15) is 5.60 Å². The topological polar surface area (TPSA) is 41.6 Å². The average molecular weight is 416 g/mol. The van der Waals surface area contributed by atoms with E-state index >= 15 is 0 Å². The lowest BCUT2D eigenvalue weighted by atomic mass is 10.1. The van der Waals surface area contributed by atoms with Gasteiger partial charge in [0.25, 0.3) is 0 Å². The molecule has 2 rings (SSSR count). The number of carbonyl (C=O) groups is 1. The Morgan fingerprint density at radius 3 is 2.82 bits per heavy atom. The Morgan fingerprint density at radius 2 is 2.18 bits per heavy atom. The van der Waals surface area contributed by atoms with Gasteiger partial charge in [-0.15, -0.1) is 0 Å². The van der Waals surface area contributed by atoms with Crippen molar-refractivity contribution in [3.05, 3.63) is 27.3 Å². The highest BCUT2D eigenvalue weighted by Crippen LogP contribution is 2.23. The Labute approximate surface area is 146 Å². The monoisotopic (exact) mass is 416 g/mol. The molecule has 1 aromatic rings. The van der Waals surface area contributed by atoms with Crippen molar-refractivity contribution in [3.63, 3.8) is 0 Å². The number of nitrogens with zero attached hydrogens (tertiary/aromatic N) is 1. The molecule has 1 heterocycles. The zero-order valence-electron chi connectivity index (χ0n) is 13.8. The summed E-state index contributed by atoms with van der Waals surface area (Å²) in [6.45, 7) is 9.37. The number of benzene rings is 1. The van der Waals surface area contributed by atoms with Crippen molar-refractivity contribution in [2.75, 3.05) is 18.4 Å². The minimum atomic E-state index is -0.440. The number of carbonyl (C=O) groups excluding carboxylic acids is 1. The molecule has 0 aromatic heterocycles. The molecule has 1 unspecified atom stereocenters. The lowest BCUT2D eigenvalue weighted by Gasteiger charge is -2.29. The van der Waals surface area contributed by atoms with Crippen LogP contribution in [0.5, 0.6) is 0 Å². The van der Waals surface area contributed by atoms with Gasteiger partial charge in [-0.1, -0.05) is 0 Å².